The highest BCUT2D eigenvalue weighted by molar-refractivity contribution is 6.35. The molecule has 2 rings (SSSR count). The Kier molecular flexibility index (Phi) is 6.02. The standard InChI is InChI=1S/C15H24F3N3O2/c1-12(22)14(23)20-6-3-13(4-7-20)2-5-19-8-10-21(11-9-19)15(16,17)18/h13H,2-11H2,1H3. The average Bonchev–Trinajstić information content (AvgIpc) is 2.52. The highest BCUT2D eigenvalue weighted by Crippen LogP contribution is 2.24. The molecule has 2 aliphatic heterocycles. The molecule has 0 unspecified atom stereocenters. The Morgan fingerprint density at radius 3 is 2.04 bits per heavy atom. The summed E-state index contributed by atoms with van der Waals surface area (Å²) in [5.41, 5.74) is 0. The Morgan fingerprint density at radius 2 is 1.57 bits per heavy atom. The van der Waals surface area contributed by atoms with E-state index in [9.17, 15) is 22.8 Å². The number of Topliss-reactive ketones (excluding diaryl/α,β-unsaturated/α-hetero) is 1. The summed E-state index contributed by atoms with van der Waals surface area (Å²) in [5, 5.41) is 0. The number of hydrogen-bond donors (Lipinski definition) is 0. The van der Waals surface area contributed by atoms with Crippen LogP contribution in [0.1, 0.15) is 26.2 Å². The van der Waals surface area contributed by atoms with Gasteiger partial charge in [0.1, 0.15) is 0 Å². The number of carbonyl (C=O) groups excluding carboxylic acids is 2. The molecular formula is C15H24F3N3O2. The Morgan fingerprint density at radius 1 is 1.00 bits per heavy atom. The fourth-order valence-electron chi connectivity index (χ4n) is 3.24. The van der Waals surface area contributed by atoms with Crippen LogP contribution in [0.4, 0.5) is 13.2 Å². The molecule has 0 N–H and O–H groups in total. The number of hydrogen-bond acceptors (Lipinski definition) is 4. The lowest BCUT2D eigenvalue weighted by Crippen LogP contribution is -2.52. The number of rotatable bonds is 4. The number of likely N-dealkylation sites (tertiary alicyclic amines) is 1. The SMILES string of the molecule is CC(=O)C(=O)N1CCC(CCN2CCN(C(F)(F)F)CC2)CC1. The van der Waals surface area contributed by atoms with E-state index in [1.54, 1.807) is 4.90 Å². The highest BCUT2D eigenvalue weighted by Gasteiger charge is 2.38. The maximum atomic E-state index is 12.6. The summed E-state index contributed by atoms with van der Waals surface area (Å²) in [4.78, 5) is 26.9. The van der Waals surface area contributed by atoms with Gasteiger partial charge in [0.25, 0.3) is 5.91 Å². The quantitative estimate of drug-likeness (QED) is 0.574. The monoisotopic (exact) mass is 335 g/mol. The predicted molar refractivity (Wildman–Crippen MR) is 78.7 cm³/mol. The lowest BCUT2D eigenvalue weighted by atomic mass is 9.93. The Balaban J connectivity index is 1.65. The molecule has 2 fully saturated rings. The molecule has 2 aliphatic rings. The first-order valence-electron chi connectivity index (χ1n) is 8.11. The van der Waals surface area contributed by atoms with Crippen molar-refractivity contribution in [1.82, 2.24) is 14.7 Å². The predicted octanol–water partition coefficient (Wildman–Crippen LogP) is 1.34. The van der Waals surface area contributed by atoms with Gasteiger partial charge >= 0.3 is 6.30 Å². The maximum Gasteiger partial charge on any atom is 0.460 e. The van der Waals surface area contributed by atoms with Gasteiger partial charge in [0.05, 0.1) is 0 Å². The number of halogens is 3. The van der Waals surface area contributed by atoms with Crippen LogP contribution in [0.5, 0.6) is 0 Å². The van der Waals surface area contributed by atoms with Crippen molar-refractivity contribution in [2.75, 3.05) is 45.8 Å². The molecule has 0 aliphatic carbocycles. The van der Waals surface area contributed by atoms with Crippen LogP contribution >= 0.6 is 0 Å². The van der Waals surface area contributed by atoms with Gasteiger partial charge in [0, 0.05) is 46.2 Å². The van der Waals surface area contributed by atoms with Crippen molar-refractivity contribution in [3.05, 3.63) is 0 Å². The average molecular weight is 335 g/mol. The van der Waals surface area contributed by atoms with E-state index in [1.165, 1.54) is 6.92 Å². The molecule has 0 aromatic heterocycles. The Labute approximate surface area is 134 Å². The van der Waals surface area contributed by atoms with Crippen molar-refractivity contribution in [2.45, 2.75) is 32.5 Å². The first kappa shape index (κ1) is 18.2. The summed E-state index contributed by atoms with van der Waals surface area (Å²) in [6.07, 6.45) is -1.56. The Bertz CT molecular complexity index is 426. The van der Waals surface area contributed by atoms with Gasteiger partial charge in [-0.05, 0) is 31.7 Å². The summed E-state index contributed by atoms with van der Waals surface area (Å²) in [5.74, 6) is -0.357. The summed E-state index contributed by atoms with van der Waals surface area (Å²) in [7, 11) is 0. The van der Waals surface area contributed by atoms with Crippen LogP contribution in [0.25, 0.3) is 0 Å². The molecule has 0 radical (unpaired) electrons. The van der Waals surface area contributed by atoms with Crippen molar-refractivity contribution in [1.29, 1.82) is 0 Å². The normalized spacial score (nSPS) is 22.3. The number of piperazine rings is 1. The van der Waals surface area contributed by atoms with Crippen molar-refractivity contribution < 1.29 is 22.8 Å². The second kappa shape index (κ2) is 7.61. The van der Waals surface area contributed by atoms with Gasteiger partial charge in [0.2, 0.25) is 5.78 Å². The molecule has 0 saturated carbocycles. The minimum absolute atomic E-state index is 0.0368. The van der Waals surface area contributed by atoms with Crippen LogP contribution in [-0.4, -0.2) is 78.5 Å². The first-order chi connectivity index (χ1) is 10.8. The van der Waals surface area contributed by atoms with E-state index in [-0.39, 0.29) is 13.1 Å². The lowest BCUT2D eigenvalue weighted by molar-refractivity contribution is -0.252. The molecule has 8 heteroatoms. The van der Waals surface area contributed by atoms with Gasteiger partial charge in [-0.15, -0.1) is 0 Å². The molecule has 132 valence electrons. The van der Waals surface area contributed by atoms with E-state index in [4.69, 9.17) is 0 Å². The molecule has 2 heterocycles. The van der Waals surface area contributed by atoms with Gasteiger partial charge < -0.3 is 9.80 Å². The summed E-state index contributed by atoms with van der Waals surface area (Å²) < 4.78 is 37.7. The van der Waals surface area contributed by atoms with E-state index < -0.39 is 18.0 Å². The summed E-state index contributed by atoms with van der Waals surface area (Å²) in [6.45, 7) is 4.26. The zero-order valence-electron chi connectivity index (χ0n) is 13.4. The van der Waals surface area contributed by atoms with Crippen LogP contribution in [0, 0.1) is 5.92 Å². The van der Waals surface area contributed by atoms with Gasteiger partial charge in [0.15, 0.2) is 0 Å². The highest BCUT2D eigenvalue weighted by atomic mass is 19.4. The van der Waals surface area contributed by atoms with Gasteiger partial charge in [-0.1, -0.05) is 0 Å². The number of nitrogens with zero attached hydrogens (tertiary/aromatic N) is 3. The zero-order valence-corrected chi connectivity index (χ0v) is 13.4. The van der Waals surface area contributed by atoms with E-state index in [2.05, 4.69) is 4.90 Å². The lowest BCUT2D eigenvalue weighted by Gasteiger charge is -2.37. The fraction of sp³-hybridized carbons (Fsp3) is 0.867. The minimum Gasteiger partial charge on any atom is -0.336 e. The van der Waals surface area contributed by atoms with Crippen molar-refractivity contribution in [3.8, 4) is 0 Å². The van der Waals surface area contributed by atoms with E-state index in [1.807, 2.05) is 0 Å². The van der Waals surface area contributed by atoms with Crippen LogP contribution in [0.2, 0.25) is 0 Å². The molecule has 0 spiro atoms. The smallest absolute Gasteiger partial charge is 0.336 e. The topological polar surface area (TPSA) is 43.9 Å². The summed E-state index contributed by atoms with van der Waals surface area (Å²) >= 11 is 0. The van der Waals surface area contributed by atoms with Gasteiger partial charge in [-0.3, -0.25) is 9.59 Å². The minimum atomic E-state index is -4.22. The molecule has 0 aromatic rings. The van der Waals surface area contributed by atoms with Gasteiger partial charge in [-0.2, -0.15) is 13.2 Å². The third-order valence-corrected chi connectivity index (χ3v) is 4.79. The third-order valence-electron chi connectivity index (χ3n) is 4.79. The first-order valence-corrected chi connectivity index (χ1v) is 8.11. The molecule has 0 atom stereocenters. The zero-order chi connectivity index (χ0) is 17.0. The van der Waals surface area contributed by atoms with Crippen LogP contribution in [-0.2, 0) is 9.59 Å². The molecule has 0 bridgehead atoms. The van der Waals surface area contributed by atoms with Crippen LogP contribution in [0.15, 0.2) is 0 Å². The molecule has 23 heavy (non-hydrogen) atoms. The summed E-state index contributed by atoms with van der Waals surface area (Å²) in [6, 6.07) is 0. The molecule has 1 amide bonds. The second-order valence-electron chi connectivity index (χ2n) is 6.38. The third kappa shape index (κ3) is 5.17. The van der Waals surface area contributed by atoms with E-state index in [0.717, 1.165) is 25.8 Å². The van der Waals surface area contributed by atoms with Crippen molar-refractivity contribution in [2.24, 2.45) is 5.92 Å². The molecule has 0 aromatic carbocycles. The molecular weight excluding hydrogens is 311 g/mol. The number of piperidine rings is 1. The Hall–Kier alpha value is -1.15. The van der Waals surface area contributed by atoms with E-state index >= 15 is 0 Å². The van der Waals surface area contributed by atoms with E-state index in [0.29, 0.717) is 37.0 Å². The largest absolute Gasteiger partial charge is 0.460 e. The number of alkyl halides is 3. The van der Waals surface area contributed by atoms with Crippen molar-refractivity contribution in [3.63, 3.8) is 0 Å². The second-order valence-corrected chi connectivity index (χ2v) is 6.38. The van der Waals surface area contributed by atoms with Crippen LogP contribution < -0.4 is 0 Å². The number of amides is 1. The molecule has 2 saturated heterocycles. The maximum absolute atomic E-state index is 12.6. The van der Waals surface area contributed by atoms with Crippen LogP contribution in [0.3, 0.4) is 0 Å². The van der Waals surface area contributed by atoms with Crippen molar-refractivity contribution >= 4 is 11.7 Å². The fourth-order valence-corrected chi connectivity index (χ4v) is 3.24. The number of carbonyl (C=O) groups is 2. The number of ketones is 1. The van der Waals surface area contributed by atoms with Gasteiger partial charge in [-0.25, -0.2) is 4.90 Å². The molecule has 5 nitrogen and oxygen atoms in total.